The number of aromatic nitrogens is 2. The van der Waals surface area contributed by atoms with E-state index < -0.39 is 0 Å². The highest BCUT2D eigenvalue weighted by Crippen LogP contribution is 2.29. The highest BCUT2D eigenvalue weighted by Gasteiger charge is 2.15. The predicted octanol–water partition coefficient (Wildman–Crippen LogP) is 4.42. The second kappa shape index (κ2) is 9.80. The molecule has 1 amide bonds. The molecule has 0 atom stereocenters. The molecule has 0 aliphatic carbocycles. The number of carbonyl (C=O) groups excluding carboxylic acids is 1. The number of hydrogen-bond donors (Lipinski definition) is 2. The van der Waals surface area contributed by atoms with Crippen molar-refractivity contribution < 1.29 is 4.79 Å². The molecule has 4 rings (SSSR count). The van der Waals surface area contributed by atoms with Gasteiger partial charge >= 0.3 is 0 Å². The van der Waals surface area contributed by atoms with Gasteiger partial charge in [-0.3, -0.25) is 4.79 Å². The second-order valence-corrected chi connectivity index (χ2v) is 8.04. The Balaban J connectivity index is 1.55. The first-order valence-electron chi connectivity index (χ1n) is 10.4. The molecule has 2 heterocycles. The largest absolute Gasteiger partial charge is 0.369 e. The van der Waals surface area contributed by atoms with Crippen LogP contribution in [0, 0.1) is 0 Å². The number of rotatable bonds is 6. The number of carbonyl (C=O) groups is 1. The van der Waals surface area contributed by atoms with E-state index in [1.807, 2.05) is 30.3 Å². The van der Waals surface area contributed by atoms with Crippen LogP contribution < -0.4 is 15.5 Å². The summed E-state index contributed by atoms with van der Waals surface area (Å²) in [5.74, 6) is 0.166. The Labute approximate surface area is 192 Å². The van der Waals surface area contributed by atoms with Crippen LogP contribution >= 0.6 is 11.6 Å². The van der Waals surface area contributed by atoms with Crippen LogP contribution in [-0.2, 0) is 4.79 Å². The normalized spacial score (nSPS) is 14.1. The minimum atomic E-state index is -0.279. The lowest BCUT2D eigenvalue weighted by molar-refractivity contribution is -0.111. The Kier molecular flexibility index (Phi) is 6.68. The summed E-state index contributed by atoms with van der Waals surface area (Å²) < 4.78 is 0. The van der Waals surface area contributed by atoms with E-state index in [-0.39, 0.29) is 5.91 Å². The molecular formula is C24H25ClN6O. The Bertz CT molecular complexity index is 1130. The van der Waals surface area contributed by atoms with Gasteiger partial charge in [0.2, 0.25) is 11.9 Å². The number of likely N-dealkylation sites (N-methyl/N-ethyl adjacent to an activating group) is 1. The van der Waals surface area contributed by atoms with E-state index in [2.05, 4.69) is 56.2 Å². The molecule has 0 radical (unpaired) electrons. The number of halogens is 1. The van der Waals surface area contributed by atoms with Crippen molar-refractivity contribution in [2.75, 3.05) is 48.8 Å². The number of amides is 1. The lowest BCUT2D eigenvalue weighted by Gasteiger charge is -2.34. The monoisotopic (exact) mass is 448 g/mol. The van der Waals surface area contributed by atoms with Crippen molar-refractivity contribution in [2.45, 2.75) is 0 Å². The minimum Gasteiger partial charge on any atom is -0.369 e. The summed E-state index contributed by atoms with van der Waals surface area (Å²) in [6, 6.07) is 15.6. The summed E-state index contributed by atoms with van der Waals surface area (Å²) in [7, 11) is 2.15. The van der Waals surface area contributed by atoms with Gasteiger partial charge in [-0.05, 0) is 43.5 Å². The number of anilines is 4. The first-order chi connectivity index (χ1) is 15.5. The number of piperazine rings is 1. The molecule has 1 fully saturated rings. The molecule has 2 N–H and O–H groups in total. The third-order valence-electron chi connectivity index (χ3n) is 5.30. The lowest BCUT2D eigenvalue weighted by atomic mass is 10.1. The number of hydrogen-bond acceptors (Lipinski definition) is 6. The molecule has 0 spiro atoms. The van der Waals surface area contributed by atoms with Gasteiger partial charge in [0.15, 0.2) is 0 Å². The average molecular weight is 449 g/mol. The molecule has 164 valence electrons. The standard InChI is InChI=1S/C24H25ClN6O/c1-3-22(32)27-18-7-4-6-17(14-18)23-21(25)16-26-24(29-23)28-19-8-5-9-20(15-19)31-12-10-30(2)11-13-31/h3-9,14-16H,1,10-13H2,2H3,(H,27,32)(H,26,28,29). The summed E-state index contributed by atoms with van der Waals surface area (Å²) >= 11 is 6.39. The van der Waals surface area contributed by atoms with Gasteiger partial charge in [0.05, 0.1) is 16.9 Å². The molecular weight excluding hydrogens is 424 g/mol. The van der Waals surface area contributed by atoms with Crippen molar-refractivity contribution in [3.63, 3.8) is 0 Å². The van der Waals surface area contributed by atoms with E-state index in [4.69, 9.17) is 11.6 Å². The molecule has 1 aliphatic rings. The van der Waals surface area contributed by atoms with Crippen molar-refractivity contribution in [1.29, 1.82) is 0 Å². The van der Waals surface area contributed by atoms with Crippen molar-refractivity contribution in [2.24, 2.45) is 0 Å². The van der Waals surface area contributed by atoms with E-state index in [1.54, 1.807) is 12.3 Å². The SMILES string of the molecule is C=CC(=O)Nc1cccc(-c2nc(Nc3cccc(N4CCN(C)CC4)c3)ncc2Cl)c1. The second-order valence-electron chi connectivity index (χ2n) is 7.63. The van der Waals surface area contributed by atoms with Crippen LogP contribution in [0.2, 0.25) is 5.02 Å². The zero-order chi connectivity index (χ0) is 22.5. The van der Waals surface area contributed by atoms with E-state index in [0.29, 0.717) is 22.4 Å². The predicted molar refractivity (Wildman–Crippen MR) is 131 cm³/mol. The van der Waals surface area contributed by atoms with E-state index >= 15 is 0 Å². The summed E-state index contributed by atoms with van der Waals surface area (Å²) in [6.45, 7) is 7.57. The van der Waals surface area contributed by atoms with Crippen molar-refractivity contribution in [3.05, 3.63) is 72.4 Å². The molecule has 1 saturated heterocycles. The fourth-order valence-corrected chi connectivity index (χ4v) is 3.74. The Morgan fingerprint density at radius 3 is 2.62 bits per heavy atom. The highest BCUT2D eigenvalue weighted by atomic mass is 35.5. The number of benzene rings is 2. The molecule has 0 saturated carbocycles. The summed E-state index contributed by atoms with van der Waals surface area (Å²) in [4.78, 5) is 25.3. The van der Waals surface area contributed by atoms with Crippen LogP contribution in [0.15, 0.2) is 67.4 Å². The van der Waals surface area contributed by atoms with Crippen molar-refractivity contribution in [1.82, 2.24) is 14.9 Å². The van der Waals surface area contributed by atoms with E-state index in [9.17, 15) is 4.79 Å². The average Bonchev–Trinajstić information content (AvgIpc) is 2.81. The zero-order valence-electron chi connectivity index (χ0n) is 17.9. The van der Waals surface area contributed by atoms with Crippen molar-refractivity contribution in [3.8, 4) is 11.3 Å². The van der Waals surface area contributed by atoms with Gasteiger partial charge in [-0.25, -0.2) is 9.97 Å². The fourth-order valence-electron chi connectivity index (χ4n) is 3.54. The van der Waals surface area contributed by atoms with Gasteiger partial charge in [0, 0.05) is 48.8 Å². The van der Waals surface area contributed by atoms with Crippen LogP contribution in [0.4, 0.5) is 23.0 Å². The first-order valence-corrected chi connectivity index (χ1v) is 10.8. The van der Waals surface area contributed by atoms with Crippen LogP contribution in [0.25, 0.3) is 11.3 Å². The maximum absolute atomic E-state index is 11.6. The summed E-state index contributed by atoms with van der Waals surface area (Å²) in [5.41, 5.74) is 4.06. The fraction of sp³-hybridized carbons (Fsp3) is 0.208. The van der Waals surface area contributed by atoms with Crippen LogP contribution in [0.5, 0.6) is 0 Å². The molecule has 3 aromatic rings. The molecule has 8 heteroatoms. The Hall–Kier alpha value is -3.42. The highest BCUT2D eigenvalue weighted by molar-refractivity contribution is 6.33. The van der Waals surface area contributed by atoms with Gasteiger partial charge in [-0.2, -0.15) is 0 Å². The van der Waals surface area contributed by atoms with Gasteiger partial charge in [-0.1, -0.05) is 36.4 Å². The van der Waals surface area contributed by atoms with Crippen LogP contribution in [0.3, 0.4) is 0 Å². The maximum atomic E-state index is 11.6. The third kappa shape index (κ3) is 5.25. The molecule has 0 unspecified atom stereocenters. The molecule has 2 aromatic carbocycles. The lowest BCUT2D eigenvalue weighted by Crippen LogP contribution is -2.44. The number of nitrogens with one attached hydrogen (secondary N) is 2. The van der Waals surface area contributed by atoms with E-state index in [1.165, 1.54) is 11.8 Å². The molecule has 7 nitrogen and oxygen atoms in total. The molecule has 1 aromatic heterocycles. The van der Waals surface area contributed by atoms with Crippen molar-refractivity contribution >= 4 is 40.5 Å². The quantitative estimate of drug-likeness (QED) is 0.544. The smallest absolute Gasteiger partial charge is 0.247 e. The van der Waals surface area contributed by atoms with Crippen LogP contribution in [-0.4, -0.2) is 54.0 Å². The van der Waals surface area contributed by atoms with Gasteiger partial charge in [0.1, 0.15) is 0 Å². The Morgan fingerprint density at radius 1 is 1.09 bits per heavy atom. The van der Waals surface area contributed by atoms with Gasteiger partial charge in [-0.15, -0.1) is 0 Å². The first kappa shape index (κ1) is 21.8. The maximum Gasteiger partial charge on any atom is 0.247 e. The van der Waals surface area contributed by atoms with Gasteiger partial charge in [0.25, 0.3) is 0 Å². The van der Waals surface area contributed by atoms with E-state index in [0.717, 1.165) is 37.4 Å². The van der Waals surface area contributed by atoms with Gasteiger partial charge < -0.3 is 20.4 Å². The topological polar surface area (TPSA) is 73.4 Å². The number of nitrogens with zero attached hydrogens (tertiary/aromatic N) is 4. The minimum absolute atomic E-state index is 0.279. The summed E-state index contributed by atoms with van der Waals surface area (Å²) in [5, 5.41) is 6.46. The zero-order valence-corrected chi connectivity index (χ0v) is 18.6. The third-order valence-corrected chi connectivity index (χ3v) is 5.58. The summed E-state index contributed by atoms with van der Waals surface area (Å²) in [6.07, 6.45) is 2.80. The van der Waals surface area contributed by atoms with Crippen LogP contribution in [0.1, 0.15) is 0 Å². The molecule has 32 heavy (non-hydrogen) atoms. The Morgan fingerprint density at radius 2 is 1.84 bits per heavy atom. The molecule has 1 aliphatic heterocycles. The molecule has 0 bridgehead atoms.